The van der Waals surface area contributed by atoms with Crippen molar-refractivity contribution in [1.29, 1.82) is 0 Å². The second kappa shape index (κ2) is 5.75. The summed E-state index contributed by atoms with van der Waals surface area (Å²) in [6.07, 6.45) is 2.24. The molecule has 0 aliphatic rings. The Morgan fingerprint density at radius 3 is 2.75 bits per heavy atom. The molecule has 1 heterocycles. The Balaban J connectivity index is 2.29. The molecule has 1 aromatic heterocycles. The van der Waals surface area contributed by atoms with Gasteiger partial charge in [0.25, 0.3) is 0 Å². The molecule has 0 aromatic carbocycles. The summed E-state index contributed by atoms with van der Waals surface area (Å²) in [6.45, 7) is 1.91. The number of thiazole rings is 1. The van der Waals surface area contributed by atoms with Gasteiger partial charge in [0.2, 0.25) is 0 Å². The third kappa shape index (κ3) is 5.58. The summed E-state index contributed by atoms with van der Waals surface area (Å²) in [6, 6.07) is 0. The van der Waals surface area contributed by atoms with Crippen molar-refractivity contribution in [2.24, 2.45) is 0 Å². The van der Waals surface area contributed by atoms with Gasteiger partial charge in [-0.15, -0.1) is 11.3 Å². The highest BCUT2D eigenvalue weighted by Crippen LogP contribution is 2.13. The molecule has 0 aliphatic carbocycles. The van der Waals surface area contributed by atoms with E-state index in [4.69, 9.17) is 0 Å². The minimum absolute atomic E-state index is 0.140. The van der Waals surface area contributed by atoms with Crippen LogP contribution in [0, 0.1) is 6.92 Å². The lowest BCUT2D eigenvalue weighted by molar-refractivity contribution is 0.164. The fourth-order valence-corrected chi connectivity index (χ4v) is 2.92. The Morgan fingerprint density at radius 1 is 1.56 bits per heavy atom. The summed E-state index contributed by atoms with van der Waals surface area (Å²) < 4.78 is 21.8. The first-order valence-electron chi connectivity index (χ1n) is 5.13. The van der Waals surface area contributed by atoms with Crippen molar-refractivity contribution < 1.29 is 13.5 Å². The lowest BCUT2D eigenvalue weighted by Gasteiger charge is -2.07. The third-order valence-electron chi connectivity index (χ3n) is 2.13. The molecule has 0 saturated heterocycles. The first-order valence-corrected chi connectivity index (χ1v) is 8.07. The lowest BCUT2D eigenvalue weighted by atomic mass is 10.1. The van der Waals surface area contributed by atoms with Gasteiger partial charge in [-0.2, -0.15) is 0 Å². The predicted molar refractivity (Wildman–Crippen MR) is 65.5 cm³/mol. The van der Waals surface area contributed by atoms with E-state index < -0.39 is 15.9 Å². The summed E-state index contributed by atoms with van der Waals surface area (Å²) in [4.78, 5) is 4.25. The fraction of sp³-hybridized carbons (Fsp3) is 0.700. The smallest absolute Gasteiger partial charge is 0.147 e. The van der Waals surface area contributed by atoms with E-state index in [1.807, 2.05) is 12.3 Å². The highest BCUT2D eigenvalue weighted by Gasteiger charge is 2.10. The topological polar surface area (TPSA) is 67.3 Å². The number of sulfone groups is 1. The summed E-state index contributed by atoms with van der Waals surface area (Å²) in [5, 5.41) is 12.5. The summed E-state index contributed by atoms with van der Waals surface area (Å²) in [5.74, 6) is 0.140. The van der Waals surface area contributed by atoms with E-state index >= 15 is 0 Å². The van der Waals surface area contributed by atoms with Gasteiger partial charge in [0.1, 0.15) is 9.84 Å². The van der Waals surface area contributed by atoms with Crippen LogP contribution in [0.25, 0.3) is 0 Å². The largest absolute Gasteiger partial charge is 0.393 e. The van der Waals surface area contributed by atoms with E-state index in [-0.39, 0.29) is 5.75 Å². The minimum Gasteiger partial charge on any atom is -0.393 e. The van der Waals surface area contributed by atoms with Crippen molar-refractivity contribution in [2.45, 2.75) is 32.3 Å². The second-order valence-electron chi connectivity index (χ2n) is 4.01. The average Bonchev–Trinajstić information content (AvgIpc) is 2.48. The van der Waals surface area contributed by atoms with Crippen LogP contribution in [0.15, 0.2) is 5.38 Å². The molecule has 1 N–H and O–H groups in total. The number of nitrogens with zero attached hydrogens (tertiary/aromatic N) is 1. The van der Waals surface area contributed by atoms with Gasteiger partial charge in [-0.05, 0) is 19.8 Å². The van der Waals surface area contributed by atoms with Crippen molar-refractivity contribution in [3.05, 3.63) is 16.1 Å². The van der Waals surface area contributed by atoms with Crippen molar-refractivity contribution >= 4 is 21.2 Å². The molecule has 1 unspecified atom stereocenters. The van der Waals surface area contributed by atoms with Gasteiger partial charge in [0.15, 0.2) is 0 Å². The van der Waals surface area contributed by atoms with Crippen LogP contribution in [0.1, 0.15) is 23.5 Å². The molecular weight excluding hydrogens is 246 g/mol. The molecule has 4 nitrogen and oxygen atoms in total. The number of aliphatic hydroxyl groups is 1. The van der Waals surface area contributed by atoms with Crippen LogP contribution in [0.4, 0.5) is 0 Å². The third-order valence-corrected chi connectivity index (χ3v) is 4.15. The van der Waals surface area contributed by atoms with Crippen molar-refractivity contribution in [3.63, 3.8) is 0 Å². The Morgan fingerprint density at radius 2 is 2.25 bits per heavy atom. The fourth-order valence-electron chi connectivity index (χ4n) is 1.38. The molecule has 0 bridgehead atoms. The maximum atomic E-state index is 10.9. The zero-order valence-corrected chi connectivity index (χ0v) is 11.1. The number of aromatic nitrogens is 1. The van der Waals surface area contributed by atoms with Gasteiger partial charge in [-0.25, -0.2) is 13.4 Å². The molecule has 92 valence electrons. The van der Waals surface area contributed by atoms with E-state index in [2.05, 4.69) is 4.98 Å². The quantitative estimate of drug-likeness (QED) is 0.837. The first-order chi connectivity index (χ1) is 7.37. The number of hydrogen-bond acceptors (Lipinski definition) is 5. The molecule has 1 atom stereocenters. The highest BCUT2D eigenvalue weighted by molar-refractivity contribution is 7.90. The monoisotopic (exact) mass is 263 g/mol. The Labute approximate surface area is 100 Å². The zero-order chi connectivity index (χ0) is 12.2. The van der Waals surface area contributed by atoms with E-state index in [1.165, 1.54) is 17.6 Å². The second-order valence-corrected chi connectivity index (χ2v) is 7.22. The van der Waals surface area contributed by atoms with Gasteiger partial charge in [0.05, 0.1) is 11.1 Å². The maximum absolute atomic E-state index is 10.9. The van der Waals surface area contributed by atoms with E-state index in [1.54, 1.807) is 0 Å². The molecule has 6 heteroatoms. The molecule has 0 amide bonds. The van der Waals surface area contributed by atoms with Crippen molar-refractivity contribution in [3.8, 4) is 0 Å². The van der Waals surface area contributed by atoms with Gasteiger partial charge in [-0.3, -0.25) is 0 Å². The normalized spacial score (nSPS) is 13.9. The van der Waals surface area contributed by atoms with Gasteiger partial charge in [0, 0.05) is 29.5 Å². The molecule has 0 fully saturated rings. The lowest BCUT2D eigenvalue weighted by Crippen LogP contribution is -2.13. The Bertz CT molecular complexity index is 425. The molecule has 1 rings (SSSR count). The number of rotatable bonds is 6. The average molecular weight is 263 g/mol. The van der Waals surface area contributed by atoms with Crippen LogP contribution in [-0.2, 0) is 16.3 Å². The SMILES string of the molecule is Cc1csc(CC(O)CCCS(C)(=O)=O)n1. The van der Waals surface area contributed by atoms with E-state index in [0.717, 1.165) is 10.7 Å². The standard InChI is InChI=1S/C10H17NO3S2/c1-8-7-15-10(11-8)6-9(12)4-3-5-16(2,13)14/h7,9,12H,3-6H2,1-2H3. The number of hydrogen-bond donors (Lipinski definition) is 1. The Hall–Kier alpha value is -0.460. The van der Waals surface area contributed by atoms with Crippen LogP contribution in [0.5, 0.6) is 0 Å². The zero-order valence-electron chi connectivity index (χ0n) is 9.51. The van der Waals surface area contributed by atoms with Crippen LogP contribution < -0.4 is 0 Å². The summed E-state index contributed by atoms with van der Waals surface area (Å²) >= 11 is 1.53. The van der Waals surface area contributed by atoms with Crippen molar-refractivity contribution in [2.75, 3.05) is 12.0 Å². The molecule has 1 aromatic rings. The van der Waals surface area contributed by atoms with Crippen LogP contribution >= 0.6 is 11.3 Å². The highest BCUT2D eigenvalue weighted by atomic mass is 32.2. The van der Waals surface area contributed by atoms with E-state index in [0.29, 0.717) is 19.3 Å². The molecule has 0 radical (unpaired) electrons. The van der Waals surface area contributed by atoms with Crippen LogP contribution in [0.2, 0.25) is 0 Å². The predicted octanol–water partition coefficient (Wildman–Crippen LogP) is 1.18. The van der Waals surface area contributed by atoms with Gasteiger partial charge >= 0.3 is 0 Å². The molecule has 0 spiro atoms. The van der Waals surface area contributed by atoms with Gasteiger partial charge in [-0.1, -0.05) is 0 Å². The van der Waals surface area contributed by atoms with E-state index in [9.17, 15) is 13.5 Å². The first kappa shape index (κ1) is 13.6. The van der Waals surface area contributed by atoms with Crippen molar-refractivity contribution in [1.82, 2.24) is 4.98 Å². The summed E-state index contributed by atoms with van der Waals surface area (Å²) in [7, 11) is -2.91. The summed E-state index contributed by atoms with van der Waals surface area (Å²) in [5.41, 5.74) is 0.961. The molecule has 0 saturated carbocycles. The minimum atomic E-state index is -2.91. The molecule has 16 heavy (non-hydrogen) atoms. The molecular formula is C10H17NO3S2. The van der Waals surface area contributed by atoms with Crippen LogP contribution in [-0.4, -0.2) is 36.6 Å². The number of aliphatic hydroxyl groups excluding tert-OH is 1. The Kier molecular flexibility index (Phi) is 4.89. The number of aryl methyl sites for hydroxylation is 1. The maximum Gasteiger partial charge on any atom is 0.147 e. The van der Waals surface area contributed by atoms with Gasteiger partial charge < -0.3 is 5.11 Å². The molecule has 0 aliphatic heterocycles. The van der Waals surface area contributed by atoms with Crippen LogP contribution in [0.3, 0.4) is 0 Å².